The van der Waals surface area contributed by atoms with Gasteiger partial charge in [0.25, 0.3) is 0 Å². The summed E-state index contributed by atoms with van der Waals surface area (Å²) in [5.74, 6) is 0.694. The van der Waals surface area contributed by atoms with Crippen molar-refractivity contribution in [1.29, 1.82) is 0 Å². The summed E-state index contributed by atoms with van der Waals surface area (Å²) in [6.45, 7) is 12.2. The maximum atomic E-state index is 5.99. The molecule has 0 aliphatic heterocycles. The Labute approximate surface area is 97.8 Å². The van der Waals surface area contributed by atoms with Gasteiger partial charge in [0.15, 0.2) is 0 Å². The minimum absolute atomic E-state index is 0.215. The molecule has 4 heteroatoms. The summed E-state index contributed by atoms with van der Waals surface area (Å²) in [4.78, 5) is 0. The second kappa shape index (κ2) is 4.36. The molecule has 2 N–H and O–H groups in total. The molecule has 92 valence electrons. The van der Waals surface area contributed by atoms with E-state index < -0.39 is 0 Å². The first-order valence-electron chi connectivity index (χ1n) is 5.82. The highest BCUT2D eigenvalue weighted by Crippen LogP contribution is 2.31. The van der Waals surface area contributed by atoms with Crippen molar-refractivity contribution in [1.82, 2.24) is 9.78 Å². The predicted molar refractivity (Wildman–Crippen MR) is 66.8 cm³/mol. The normalized spacial score (nSPS) is 12.2. The largest absolute Gasteiger partial charge is 0.470 e. The van der Waals surface area contributed by atoms with Gasteiger partial charge in [-0.15, -0.1) is 0 Å². The Morgan fingerprint density at radius 3 is 2.44 bits per heavy atom. The number of anilines is 1. The highest BCUT2D eigenvalue weighted by atomic mass is 16.5. The van der Waals surface area contributed by atoms with Crippen LogP contribution in [0.5, 0.6) is 5.88 Å². The topological polar surface area (TPSA) is 53.1 Å². The minimum atomic E-state index is -0.215. The van der Waals surface area contributed by atoms with E-state index in [0.29, 0.717) is 11.6 Å². The summed E-state index contributed by atoms with van der Waals surface area (Å²) in [6.07, 6.45) is 0.925. The Hall–Kier alpha value is -1.19. The molecule has 0 fully saturated rings. The van der Waals surface area contributed by atoms with E-state index in [0.717, 1.165) is 12.1 Å². The lowest BCUT2D eigenvalue weighted by Crippen LogP contribution is -2.28. The molecule has 0 aliphatic rings. The van der Waals surface area contributed by atoms with Crippen molar-refractivity contribution >= 4 is 5.69 Å². The summed E-state index contributed by atoms with van der Waals surface area (Å²) in [5, 5.41) is 4.39. The fraction of sp³-hybridized carbons (Fsp3) is 0.750. The van der Waals surface area contributed by atoms with Crippen LogP contribution in [-0.4, -0.2) is 15.4 Å². The highest BCUT2D eigenvalue weighted by molar-refractivity contribution is 5.52. The lowest BCUT2D eigenvalue weighted by Gasteiger charge is -2.26. The molecule has 0 amide bonds. The molecule has 0 bridgehead atoms. The Morgan fingerprint density at radius 1 is 1.44 bits per heavy atom. The van der Waals surface area contributed by atoms with Crippen LogP contribution in [0, 0.1) is 6.92 Å². The van der Waals surface area contributed by atoms with Crippen LogP contribution in [0.2, 0.25) is 0 Å². The standard InChI is InChI=1S/C12H23N3O/c1-7-12(5,6)16-11-10(13)9(4)14-15(11)8(2)3/h8H,7,13H2,1-6H3. The fourth-order valence-corrected chi connectivity index (χ4v) is 1.32. The number of aryl methyl sites for hydroxylation is 1. The van der Waals surface area contributed by atoms with Crippen molar-refractivity contribution in [2.75, 3.05) is 5.73 Å². The molecule has 4 nitrogen and oxygen atoms in total. The van der Waals surface area contributed by atoms with Gasteiger partial charge in [0.2, 0.25) is 5.88 Å². The summed E-state index contributed by atoms with van der Waals surface area (Å²) >= 11 is 0. The number of ether oxygens (including phenoxy) is 1. The molecule has 16 heavy (non-hydrogen) atoms. The molecule has 0 aliphatic carbocycles. The smallest absolute Gasteiger partial charge is 0.236 e. The average Bonchev–Trinajstić information content (AvgIpc) is 2.46. The second-order valence-electron chi connectivity index (χ2n) is 5.06. The van der Waals surface area contributed by atoms with Crippen LogP contribution in [0.1, 0.15) is 52.8 Å². The molecular formula is C12H23N3O. The van der Waals surface area contributed by atoms with Crippen LogP contribution in [-0.2, 0) is 0 Å². The van der Waals surface area contributed by atoms with E-state index in [1.165, 1.54) is 0 Å². The van der Waals surface area contributed by atoms with E-state index in [1.807, 2.05) is 11.6 Å². The number of nitrogens with two attached hydrogens (primary N) is 1. The Morgan fingerprint density at radius 2 is 2.00 bits per heavy atom. The molecule has 1 aromatic rings. The number of hydrogen-bond donors (Lipinski definition) is 1. The van der Waals surface area contributed by atoms with Crippen molar-refractivity contribution in [3.8, 4) is 5.88 Å². The first-order chi connectivity index (χ1) is 7.28. The van der Waals surface area contributed by atoms with E-state index in [9.17, 15) is 0 Å². The van der Waals surface area contributed by atoms with E-state index >= 15 is 0 Å². The molecule has 0 saturated heterocycles. The van der Waals surface area contributed by atoms with E-state index in [1.54, 1.807) is 0 Å². The molecule has 0 aromatic carbocycles. The van der Waals surface area contributed by atoms with Crippen molar-refractivity contribution < 1.29 is 4.74 Å². The van der Waals surface area contributed by atoms with Gasteiger partial charge in [0.1, 0.15) is 11.3 Å². The van der Waals surface area contributed by atoms with Gasteiger partial charge in [-0.1, -0.05) is 6.92 Å². The summed E-state index contributed by atoms with van der Waals surface area (Å²) < 4.78 is 7.82. The Balaban J connectivity index is 3.11. The van der Waals surface area contributed by atoms with Gasteiger partial charge in [-0.2, -0.15) is 5.10 Å². The van der Waals surface area contributed by atoms with Crippen LogP contribution in [0.4, 0.5) is 5.69 Å². The van der Waals surface area contributed by atoms with Crippen molar-refractivity contribution in [2.45, 2.75) is 59.6 Å². The number of nitrogens with zero attached hydrogens (tertiary/aromatic N) is 2. The van der Waals surface area contributed by atoms with Crippen molar-refractivity contribution in [3.63, 3.8) is 0 Å². The zero-order chi connectivity index (χ0) is 12.5. The molecule has 1 aromatic heterocycles. The monoisotopic (exact) mass is 225 g/mol. The molecular weight excluding hydrogens is 202 g/mol. The molecule has 1 heterocycles. The predicted octanol–water partition coefficient (Wildman–Crippen LogP) is 2.92. The van der Waals surface area contributed by atoms with Crippen molar-refractivity contribution in [2.24, 2.45) is 0 Å². The summed E-state index contributed by atoms with van der Waals surface area (Å²) in [7, 11) is 0. The van der Waals surface area contributed by atoms with Gasteiger partial charge >= 0.3 is 0 Å². The van der Waals surface area contributed by atoms with Crippen LogP contribution >= 0.6 is 0 Å². The third kappa shape index (κ3) is 2.49. The molecule has 0 atom stereocenters. The third-order valence-corrected chi connectivity index (χ3v) is 2.80. The SMILES string of the molecule is CCC(C)(C)Oc1c(N)c(C)nn1C(C)C. The molecule has 0 radical (unpaired) electrons. The van der Waals surface area contributed by atoms with Gasteiger partial charge in [0.05, 0.1) is 11.7 Å². The first kappa shape index (κ1) is 12.9. The lowest BCUT2D eigenvalue weighted by atomic mass is 10.1. The molecule has 0 saturated carbocycles. The number of rotatable bonds is 4. The zero-order valence-electron chi connectivity index (χ0n) is 11.2. The van der Waals surface area contributed by atoms with Crippen LogP contribution in [0.15, 0.2) is 0 Å². The summed E-state index contributed by atoms with van der Waals surface area (Å²) in [5.41, 5.74) is 7.26. The number of nitrogen functional groups attached to an aromatic ring is 1. The van der Waals surface area contributed by atoms with Crippen LogP contribution in [0.3, 0.4) is 0 Å². The minimum Gasteiger partial charge on any atom is -0.470 e. The van der Waals surface area contributed by atoms with Gasteiger partial charge in [0, 0.05) is 0 Å². The highest BCUT2D eigenvalue weighted by Gasteiger charge is 2.24. The molecule has 1 rings (SSSR count). The third-order valence-electron chi connectivity index (χ3n) is 2.80. The number of hydrogen-bond acceptors (Lipinski definition) is 3. The van der Waals surface area contributed by atoms with Crippen molar-refractivity contribution in [3.05, 3.63) is 5.69 Å². The van der Waals surface area contributed by atoms with Gasteiger partial charge in [-0.05, 0) is 41.0 Å². The van der Waals surface area contributed by atoms with Gasteiger partial charge in [-0.25, -0.2) is 4.68 Å². The lowest BCUT2D eigenvalue weighted by molar-refractivity contribution is 0.0907. The van der Waals surface area contributed by atoms with E-state index in [4.69, 9.17) is 10.5 Å². The molecule has 0 spiro atoms. The Kier molecular flexibility index (Phi) is 3.51. The maximum absolute atomic E-state index is 5.99. The van der Waals surface area contributed by atoms with Crippen LogP contribution in [0.25, 0.3) is 0 Å². The quantitative estimate of drug-likeness (QED) is 0.857. The first-order valence-corrected chi connectivity index (χ1v) is 5.82. The van der Waals surface area contributed by atoms with Gasteiger partial charge < -0.3 is 10.5 Å². The van der Waals surface area contributed by atoms with E-state index in [2.05, 4.69) is 39.7 Å². The average molecular weight is 225 g/mol. The second-order valence-corrected chi connectivity index (χ2v) is 5.06. The molecule has 0 unspecified atom stereocenters. The van der Waals surface area contributed by atoms with Crippen LogP contribution < -0.4 is 10.5 Å². The fourth-order valence-electron chi connectivity index (χ4n) is 1.32. The zero-order valence-corrected chi connectivity index (χ0v) is 11.2. The maximum Gasteiger partial charge on any atom is 0.236 e. The Bertz CT molecular complexity index is 367. The van der Waals surface area contributed by atoms with E-state index in [-0.39, 0.29) is 11.6 Å². The summed E-state index contributed by atoms with van der Waals surface area (Å²) in [6, 6.07) is 0.249. The number of aromatic nitrogens is 2. The van der Waals surface area contributed by atoms with Gasteiger partial charge in [-0.3, -0.25) is 0 Å².